The average Bonchev–Trinajstić information content (AvgIpc) is 2.78. The van der Waals surface area contributed by atoms with Crippen molar-refractivity contribution in [2.45, 2.75) is 26.9 Å². The SMILES string of the molecule is COC(=O)c1scc(C)c1-c1nc(Cl)nc(OC(C)C)n1. The molecule has 0 bridgehead atoms. The van der Waals surface area contributed by atoms with E-state index in [4.69, 9.17) is 21.1 Å². The summed E-state index contributed by atoms with van der Waals surface area (Å²) in [5.41, 5.74) is 1.45. The molecule has 8 heteroatoms. The van der Waals surface area contributed by atoms with Crippen molar-refractivity contribution in [3.8, 4) is 17.4 Å². The third-order valence-corrected chi connectivity index (χ3v) is 3.74. The number of thiophene rings is 1. The summed E-state index contributed by atoms with van der Waals surface area (Å²) in [5, 5.41) is 1.85. The van der Waals surface area contributed by atoms with Gasteiger partial charge >= 0.3 is 12.0 Å². The van der Waals surface area contributed by atoms with Gasteiger partial charge in [-0.1, -0.05) is 0 Å². The van der Waals surface area contributed by atoms with Gasteiger partial charge in [0.1, 0.15) is 4.88 Å². The molecule has 0 atom stereocenters. The molecule has 0 fully saturated rings. The molecule has 0 aliphatic rings. The van der Waals surface area contributed by atoms with E-state index in [0.717, 1.165) is 5.56 Å². The number of nitrogens with zero attached hydrogens (tertiary/aromatic N) is 3. The molecular weight excluding hydrogens is 314 g/mol. The first-order valence-electron chi connectivity index (χ1n) is 6.17. The van der Waals surface area contributed by atoms with Crippen LogP contribution in [0.4, 0.5) is 0 Å². The normalized spacial score (nSPS) is 10.8. The van der Waals surface area contributed by atoms with E-state index in [2.05, 4.69) is 15.0 Å². The summed E-state index contributed by atoms with van der Waals surface area (Å²) < 4.78 is 10.2. The molecule has 0 saturated carbocycles. The van der Waals surface area contributed by atoms with Crippen molar-refractivity contribution >= 4 is 28.9 Å². The molecule has 2 rings (SSSR count). The first-order chi connectivity index (χ1) is 9.92. The van der Waals surface area contributed by atoms with Crippen molar-refractivity contribution in [2.24, 2.45) is 0 Å². The fraction of sp³-hybridized carbons (Fsp3) is 0.385. The number of aryl methyl sites for hydroxylation is 1. The molecule has 0 unspecified atom stereocenters. The summed E-state index contributed by atoms with van der Waals surface area (Å²) in [6, 6.07) is 0.126. The summed E-state index contributed by atoms with van der Waals surface area (Å²) >= 11 is 7.18. The Morgan fingerprint density at radius 3 is 2.67 bits per heavy atom. The molecule has 112 valence electrons. The minimum atomic E-state index is -0.439. The van der Waals surface area contributed by atoms with Gasteiger partial charge in [0.25, 0.3) is 0 Å². The van der Waals surface area contributed by atoms with Gasteiger partial charge in [0.2, 0.25) is 5.28 Å². The van der Waals surface area contributed by atoms with Crippen LogP contribution < -0.4 is 4.74 Å². The molecule has 2 heterocycles. The Labute approximate surface area is 131 Å². The number of esters is 1. The van der Waals surface area contributed by atoms with Crippen molar-refractivity contribution in [1.29, 1.82) is 0 Å². The van der Waals surface area contributed by atoms with Crippen LogP contribution in [0.25, 0.3) is 11.4 Å². The second-order valence-corrected chi connectivity index (χ2v) is 5.71. The van der Waals surface area contributed by atoms with Crippen LogP contribution in [0.5, 0.6) is 6.01 Å². The Hall–Kier alpha value is -1.73. The Kier molecular flexibility index (Phi) is 4.74. The Bertz CT molecular complexity index is 673. The minimum absolute atomic E-state index is 0.0112. The molecule has 6 nitrogen and oxygen atoms in total. The van der Waals surface area contributed by atoms with Gasteiger partial charge < -0.3 is 9.47 Å². The van der Waals surface area contributed by atoms with E-state index in [0.29, 0.717) is 16.3 Å². The van der Waals surface area contributed by atoms with Crippen LogP contribution in [0.3, 0.4) is 0 Å². The number of halogens is 1. The van der Waals surface area contributed by atoms with Gasteiger partial charge in [-0.05, 0) is 43.3 Å². The molecule has 2 aromatic rings. The third kappa shape index (κ3) is 3.48. The van der Waals surface area contributed by atoms with Gasteiger partial charge in [0, 0.05) is 5.56 Å². The highest BCUT2D eigenvalue weighted by molar-refractivity contribution is 7.12. The molecule has 0 saturated heterocycles. The molecule has 0 spiro atoms. The van der Waals surface area contributed by atoms with E-state index in [9.17, 15) is 4.79 Å². The van der Waals surface area contributed by atoms with Gasteiger partial charge in [0.05, 0.1) is 13.2 Å². The van der Waals surface area contributed by atoms with E-state index < -0.39 is 5.97 Å². The van der Waals surface area contributed by atoms with Gasteiger partial charge in [-0.2, -0.15) is 15.0 Å². The summed E-state index contributed by atoms with van der Waals surface area (Å²) in [5.74, 6) is -0.143. The lowest BCUT2D eigenvalue weighted by Crippen LogP contribution is -2.10. The third-order valence-electron chi connectivity index (χ3n) is 2.50. The molecule has 0 N–H and O–H groups in total. The molecule has 0 aromatic carbocycles. The summed E-state index contributed by atoms with van der Waals surface area (Å²) in [7, 11) is 1.33. The standard InChI is InChI=1S/C13H14ClN3O3S/c1-6(2)20-13-16-10(15-12(14)17-13)8-7(3)5-21-9(8)11(18)19-4/h5-6H,1-4H3. The maximum Gasteiger partial charge on any atom is 0.348 e. The average molecular weight is 328 g/mol. The maximum atomic E-state index is 11.8. The second-order valence-electron chi connectivity index (χ2n) is 4.49. The van der Waals surface area contributed by atoms with E-state index >= 15 is 0 Å². The molecule has 0 aliphatic carbocycles. The zero-order valence-electron chi connectivity index (χ0n) is 12.0. The number of hydrogen-bond acceptors (Lipinski definition) is 7. The van der Waals surface area contributed by atoms with E-state index in [1.165, 1.54) is 18.4 Å². The number of carbonyl (C=O) groups excluding carboxylic acids is 1. The molecular formula is C13H14ClN3O3S. The summed E-state index contributed by atoms with van der Waals surface area (Å²) in [6.45, 7) is 5.57. The van der Waals surface area contributed by atoms with Gasteiger partial charge in [-0.15, -0.1) is 11.3 Å². The number of carbonyl (C=O) groups is 1. The minimum Gasteiger partial charge on any atom is -0.465 e. The Balaban J connectivity index is 2.54. The molecule has 0 amide bonds. The van der Waals surface area contributed by atoms with Gasteiger partial charge in [0.15, 0.2) is 5.82 Å². The fourth-order valence-electron chi connectivity index (χ4n) is 1.67. The van der Waals surface area contributed by atoms with Crippen LogP contribution in [0.15, 0.2) is 5.38 Å². The number of methoxy groups -OCH3 is 1. The maximum absolute atomic E-state index is 11.8. The van der Waals surface area contributed by atoms with Gasteiger partial charge in [-0.3, -0.25) is 0 Å². The highest BCUT2D eigenvalue weighted by atomic mass is 35.5. The summed E-state index contributed by atoms with van der Waals surface area (Å²) in [4.78, 5) is 24.5. The monoisotopic (exact) mass is 327 g/mol. The fourth-order valence-corrected chi connectivity index (χ4v) is 2.79. The van der Waals surface area contributed by atoms with Crippen molar-refractivity contribution in [3.05, 3.63) is 21.1 Å². The predicted molar refractivity (Wildman–Crippen MR) is 80.0 cm³/mol. The molecule has 2 aromatic heterocycles. The van der Waals surface area contributed by atoms with Crippen molar-refractivity contribution < 1.29 is 14.3 Å². The van der Waals surface area contributed by atoms with E-state index in [-0.39, 0.29) is 17.4 Å². The largest absolute Gasteiger partial charge is 0.465 e. The number of hydrogen-bond donors (Lipinski definition) is 0. The lowest BCUT2D eigenvalue weighted by Gasteiger charge is -2.09. The molecule has 0 radical (unpaired) electrons. The van der Waals surface area contributed by atoms with Crippen LogP contribution in [0, 0.1) is 6.92 Å². The number of aromatic nitrogens is 3. The Morgan fingerprint density at radius 2 is 2.05 bits per heavy atom. The van der Waals surface area contributed by atoms with Crippen LogP contribution in [0.1, 0.15) is 29.1 Å². The lowest BCUT2D eigenvalue weighted by molar-refractivity contribution is 0.0607. The van der Waals surface area contributed by atoms with Crippen molar-refractivity contribution in [3.63, 3.8) is 0 Å². The number of rotatable bonds is 4. The number of ether oxygens (including phenoxy) is 2. The zero-order chi connectivity index (χ0) is 15.6. The van der Waals surface area contributed by atoms with Crippen LogP contribution in [0.2, 0.25) is 5.28 Å². The van der Waals surface area contributed by atoms with Crippen LogP contribution in [-0.4, -0.2) is 34.1 Å². The van der Waals surface area contributed by atoms with E-state index in [1.807, 2.05) is 26.2 Å². The smallest absolute Gasteiger partial charge is 0.348 e. The van der Waals surface area contributed by atoms with Crippen molar-refractivity contribution in [2.75, 3.05) is 7.11 Å². The first kappa shape index (κ1) is 15.7. The zero-order valence-corrected chi connectivity index (χ0v) is 13.6. The Morgan fingerprint density at radius 1 is 1.33 bits per heavy atom. The highest BCUT2D eigenvalue weighted by Gasteiger charge is 2.22. The molecule has 21 heavy (non-hydrogen) atoms. The predicted octanol–water partition coefficient (Wildman–Crippen LogP) is 3.14. The van der Waals surface area contributed by atoms with Crippen LogP contribution >= 0.6 is 22.9 Å². The quantitative estimate of drug-likeness (QED) is 0.803. The second kappa shape index (κ2) is 6.36. The topological polar surface area (TPSA) is 74.2 Å². The molecule has 0 aliphatic heterocycles. The highest BCUT2D eigenvalue weighted by Crippen LogP contribution is 2.32. The summed E-state index contributed by atoms with van der Waals surface area (Å²) in [6.07, 6.45) is -0.0973. The lowest BCUT2D eigenvalue weighted by atomic mass is 10.1. The van der Waals surface area contributed by atoms with Gasteiger partial charge in [-0.25, -0.2) is 4.79 Å². The van der Waals surface area contributed by atoms with E-state index in [1.54, 1.807) is 0 Å². The van der Waals surface area contributed by atoms with Crippen molar-refractivity contribution in [1.82, 2.24) is 15.0 Å². The van der Waals surface area contributed by atoms with Crippen LogP contribution in [-0.2, 0) is 4.74 Å². The first-order valence-corrected chi connectivity index (χ1v) is 7.43.